The zero-order valence-corrected chi connectivity index (χ0v) is 15.8. The smallest absolute Gasteiger partial charge is 0.243 e. The van der Waals surface area contributed by atoms with Gasteiger partial charge in [-0.3, -0.25) is 9.69 Å². The number of carbonyl (C=O) groups is 1. The quantitative estimate of drug-likeness (QED) is 0.786. The second-order valence-corrected chi connectivity index (χ2v) is 8.23. The number of hydrogen-bond acceptors (Lipinski definition) is 6. The summed E-state index contributed by atoms with van der Waals surface area (Å²) in [6, 6.07) is 4.75. The number of rotatable bonds is 5. The molecule has 1 N–H and O–H groups in total. The Morgan fingerprint density at radius 2 is 1.81 bits per heavy atom. The molecule has 2 aliphatic rings. The predicted octanol–water partition coefficient (Wildman–Crippen LogP) is 0.290. The Bertz CT molecular complexity index is 745. The van der Waals surface area contributed by atoms with Crippen LogP contribution in [-0.4, -0.2) is 76.0 Å². The van der Waals surface area contributed by atoms with Gasteiger partial charge in [-0.05, 0) is 19.1 Å². The van der Waals surface area contributed by atoms with Crippen molar-refractivity contribution in [1.29, 1.82) is 0 Å². The summed E-state index contributed by atoms with van der Waals surface area (Å²) in [6.45, 7) is 5.61. The zero-order valence-electron chi connectivity index (χ0n) is 14.9. The summed E-state index contributed by atoms with van der Waals surface area (Å²) in [6.07, 6.45) is 0.768. The molecule has 1 saturated heterocycles. The van der Waals surface area contributed by atoms with Crippen LogP contribution in [0.4, 0.5) is 0 Å². The van der Waals surface area contributed by atoms with E-state index in [1.807, 2.05) is 11.8 Å². The third kappa shape index (κ3) is 4.28. The lowest BCUT2D eigenvalue weighted by Gasteiger charge is -2.33. The van der Waals surface area contributed by atoms with Gasteiger partial charge in [0.05, 0.1) is 24.7 Å². The van der Waals surface area contributed by atoms with Crippen molar-refractivity contribution in [3.05, 3.63) is 18.2 Å². The molecule has 1 amide bonds. The van der Waals surface area contributed by atoms with Crippen LogP contribution in [0.25, 0.3) is 0 Å². The Morgan fingerprint density at radius 1 is 1.12 bits per heavy atom. The molecular formula is C17H25N3O5S. The third-order valence-corrected chi connectivity index (χ3v) is 6.32. The first-order valence-corrected chi connectivity index (χ1v) is 10.3. The van der Waals surface area contributed by atoms with Crippen molar-refractivity contribution in [2.45, 2.75) is 18.2 Å². The summed E-state index contributed by atoms with van der Waals surface area (Å²) in [5, 5.41) is 2.76. The van der Waals surface area contributed by atoms with Crippen molar-refractivity contribution in [2.75, 3.05) is 52.5 Å². The number of benzene rings is 1. The van der Waals surface area contributed by atoms with Gasteiger partial charge in [0.2, 0.25) is 15.9 Å². The number of sulfonamides is 1. The normalized spacial score (nSPS) is 19.0. The van der Waals surface area contributed by atoms with Crippen molar-refractivity contribution in [1.82, 2.24) is 14.5 Å². The number of amides is 1. The van der Waals surface area contributed by atoms with Gasteiger partial charge in [-0.15, -0.1) is 0 Å². The molecule has 0 aliphatic carbocycles. The van der Waals surface area contributed by atoms with Crippen molar-refractivity contribution >= 4 is 15.9 Å². The maximum absolute atomic E-state index is 12.9. The van der Waals surface area contributed by atoms with Crippen LogP contribution >= 0.6 is 0 Å². The van der Waals surface area contributed by atoms with Gasteiger partial charge in [0, 0.05) is 45.2 Å². The molecule has 0 bridgehead atoms. The van der Waals surface area contributed by atoms with E-state index in [0.29, 0.717) is 64.0 Å². The Labute approximate surface area is 154 Å². The van der Waals surface area contributed by atoms with Crippen molar-refractivity contribution < 1.29 is 22.7 Å². The number of ether oxygens (including phenoxy) is 2. The van der Waals surface area contributed by atoms with E-state index in [4.69, 9.17) is 9.47 Å². The SMILES string of the molecule is CCNC(=O)CN1CCN(S(=O)(=O)c2ccc3c(c2)OCCCO3)CC1. The molecule has 0 spiro atoms. The molecule has 2 heterocycles. The van der Waals surface area contributed by atoms with E-state index in [0.717, 1.165) is 6.42 Å². The van der Waals surface area contributed by atoms with Gasteiger partial charge in [-0.25, -0.2) is 8.42 Å². The number of carbonyl (C=O) groups excluding carboxylic acids is 1. The van der Waals surface area contributed by atoms with Gasteiger partial charge in [-0.2, -0.15) is 4.31 Å². The minimum atomic E-state index is -3.60. The summed E-state index contributed by atoms with van der Waals surface area (Å²) >= 11 is 0. The molecule has 0 radical (unpaired) electrons. The van der Waals surface area contributed by atoms with E-state index in [2.05, 4.69) is 5.32 Å². The fraction of sp³-hybridized carbons (Fsp3) is 0.588. The molecule has 1 fully saturated rings. The van der Waals surface area contributed by atoms with Crippen molar-refractivity contribution in [3.63, 3.8) is 0 Å². The van der Waals surface area contributed by atoms with Gasteiger partial charge in [-0.1, -0.05) is 0 Å². The molecule has 26 heavy (non-hydrogen) atoms. The average Bonchev–Trinajstić information content (AvgIpc) is 2.87. The first kappa shape index (κ1) is 18.9. The highest BCUT2D eigenvalue weighted by Crippen LogP contribution is 2.33. The number of fused-ring (bicyclic) bond motifs is 1. The first-order valence-electron chi connectivity index (χ1n) is 8.89. The predicted molar refractivity (Wildman–Crippen MR) is 95.9 cm³/mol. The summed E-state index contributed by atoms with van der Waals surface area (Å²) in [4.78, 5) is 13.8. The molecule has 144 valence electrons. The summed E-state index contributed by atoms with van der Waals surface area (Å²) in [5.41, 5.74) is 0. The first-order chi connectivity index (χ1) is 12.5. The van der Waals surface area contributed by atoms with Gasteiger partial charge >= 0.3 is 0 Å². The molecule has 0 saturated carbocycles. The summed E-state index contributed by atoms with van der Waals surface area (Å²) in [7, 11) is -3.60. The second kappa shape index (κ2) is 8.24. The summed E-state index contributed by atoms with van der Waals surface area (Å²) < 4.78 is 38.5. The van der Waals surface area contributed by atoms with Crippen LogP contribution in [0.5, 0.6) is 11.5 Å². The highest BCUT2D eigenvalue weighted by atomic mass is 32.2. The number of piperazine rings is 1. The molecule has 0 aromatic heterocycles. The third-order valence-electron chi connectivity index (χ3n) is 4.43. The number of nitrogens with zero attached hydrogens (tertiary/aromatic N) is 2. The van der Waals surface area contributed by atoms with Gasteiger partial charge in [0.1, 0.15) is 0 Å². The number of hydrogen-bond donors (Lipinski definition) is 1. The fourth-order valence-corrected chi connectivity index (χ4v) is 4.48. The summed E-state index contributed by atoms with van der Waals surface area (Å²) in [5.74, 6) is 1.01. The van der Waals surface area contributed by atoms with E-state index in [1.165, 1.54) is 10.4 Å². The van der Waals surface area contributed by atoms with Crippen LogP contribution in [0.2, 0.25) is 0 Å². The molecule has 1 aromatic rings. The topological polar surface area (TPSA) is 88.2 Å². The Hall–Kier alpha value is -1.84. The van der Waals surface area contributed by atoms with Gasteiger partial charge in [0.25, 0.3) is 0 Å². The van der Waals surface area contributed by atoms with Crippen molar-refractivity contribution in [2.24, 2.45) is 0 Å². The molecule has 2 aliphatic heterocycles. The van der Waals surface area contributed by atoms with Crippen LogP contribution in [0.1, 0.15) is 13.3 Å². The molecule has 1 aromatic carbocycles. The largest absolute Gasteiger partial charge is 0.490 e. The maximum Gasteiger partial charge on any atom is 0.243 e. The van der Waals surface area contributed by atoms with Crippen LogP contribution in [0.3, 0.4) is 0 Å². The monoisotopic (exact) mass is 383 g/mol. The average molecular weight is 383 g/mol. The number of nitrogens with one attached hydrogen (secondary N) is 1. The molecular weight excluding hydrogens is 358 g/mol. The lowest BCUT2D eigenvalue weighted by molar-refractivity contribution is -0.122. The van der Waals surface area contributed by atoms with Crippen LogP contribution in [0.15, 0.2) is 23.1 Å². The van der Waals surface area contributed by atoms with Crippen molar-refractivity contribution in [3.8, 4) is 11.5 Å². The van der Waals surface area contributed by atoms with E-state index in [9.17, 15) is 13.2 Å². The van der Waals surface area contributed by atoms with Crippen LogP contribution < -0.4 is 14.8 Å². The maximum atomic E-state index is 12.9. The standard InChI is InChI=1S/C17H25N3O5S/c1-2-18-17(21)13-19-6-8-20(9-7-19)26(22,23)14-4-5-15-16(12-14)25-11-3-10-24-15/h4-5,12H,2-3,6-11,13H2,1H3,(H,18,21). The Balaban J connectivity index is 1.66. The molecule has 0 unspecified atom stereocenters. The zero-order chi connectivity index (χ0) is 18.6. The highest BCUT2D eigenvalue weighted by Gasteiger charge is 2.30. The van der Waals surface area contributed by atoms with Gasteiger partial charge < -0.3 is 14.8 Å². The lowest BCUT2D eigenvalue weighted by Crippen LogP contribution is -2.51. The molecule has 8 nitrogen and oxygen atoms in total. The minimum absolute atomic E-state index is 0.0355. The second-order valence-electron chi connectivity index (χ2n) is 6.29. The van der Waals surface area contributed by atoms with Crippen LogP contribution in [-0.2, 0) is 14.8 Å². The van der Waals surface area contributed by atoms with Gasteiger partial charge in [0.15, 0.2) is 11.5 Å². The molecule has 9 heteroatoms. The van der Waals surface area contributed by atoms with E-state index in [-0.39, 0.29) is 10.8 Å². The molecule has 3 rings (SSSR count). The molecule has 0 atom stereocenters. The van der Waals surface area contributed by atoms with Crippen LogP contribution in [0, 0.1) is 0 Å². The van der Waals surface area contributed by atoms with E-state index >= 15 is 0 Å². The van der Waals surface area contributed by atoms with E-state index < -0.39 is 10.0 Å². The highest BCUT2D eigenvalue weighted by molar-refractivity contribution is 7.89. The minimum Gasteiger partial charge on any atom is -0.490 e. The lowest BCUT2D eigenvalue weighted by atomic mass is 10.3. The van der Waals surface area contributed by atoms with E-state index in [1.54, 1.807) is 12.1 Å². The Morgan fingerprint density at radius 3 is 2.50 bits per heavy atom. The Kier molecular flexibility index (Phi) is 6.00. The number of likely N-dealkylation sites (N-methyl/N-ethyl adjacent to an activating group) is 1. The fourth-order valence-electron chi connectivity index (χ4n) is 3.04.